The van der Waals surface area contributed by atoms with Crippen molar-refractivity contribution in [2.45, 2.75) is 17.9 Å². The van der Waals surface area contributed by atoms with Crippen LogP contribution in [0.15, 0.2) is 47.4 Å². The van der Waals surface area contributed by atoms with E-state index < -0.39 is 14.8 Å². The lowest BCUT2D eigenvalue weighted by atomic mass is 10.1. The number of non-ortho nitro benzene ring substituents is 1. The molecule has 2 aromatic carbocycles. The molecule has 2 N–H and O–H groups in total. The van der Waals surface area contributed by atoms with Crippen molar-refractivity contribution in [1.29, 1.82) is 0 Å². The van der Waals surface area contributed by atoms with Gasteiger partial charge in [-0.15, -0.1) is 0 Å². The zero-order chi connectivity index (χ0) is 17.2. The van der Waals surface area contributed by atoms with Gasteiger partial charge in [0.05, 0.1) is 15.5 Å². The summed E-state index contributed by atoms with van der Waals surface area (Å²) >= 11 is 0. The van der Waals surface area contributed by atoms with Gasteiger partial charge in [-0.25, -0.2) is 8.42 Å². The molecule has 0 radical (unpaired) electrons. The fourth-order valence-corrected chi connectivity index (χ4v) is 3.02. The Kier molecular flexibility index (Phi) is 4.55. The van der Waals surface area contributed by atoms with E-state index in [-0.39, 0.29) is 28.1 Å². The van der Waals surface area contributed by atoms with Gasteiger partial charge in [0.1, 0.15) is 5.75 Å². The number of nitro benzene ring substituents is 1. The maximum absolute atomic E-state index is 11.9. The number of anilines is 1. The van der Waals surface area contributed by atoms with E-state index in [0.29, 0.717) is 0 Å². The molecule has 122 valence electrons. The van der Waals surface area contributed by atoms with Gasteiger partial charge in [-0.05, 0) is 30.7 Å². The molecule has 0 saturated heterocycles. The van der Waals surface area contributed by atoms with E-state index in [0.717, 1.165) is 17.9 Å². The van der Waals surface area contributed by atoms with Gasteiger partial charge in [-0.3, -0.25) is 10.1 Å². The van der Waals surface area contributed by atoms with Crippen molar-refractivity contribution < 1.29 is 18.4 Å². The van der Waals surface area contributed by atoms with Crippen molar-refractivity contribution in [3.63, 3.8) is 0 Å². The summed E-state index contributed by atoms with van der Waals surface area (Å²) in [6.07, 6.45) is 0.996. The molecule has 0 fully saturated rings. The average molecular weight is 336 g/mol. The molecule has 0 aromatic heterocycles. The zero-order valence-electron chi connectivity index (χ0n) is 12.6. The number of hydrogen-bond acceptors (Lipinski definition) is 6. The van der Waals surface area contributed by atoms with Crippen molar-refractivity contribution in [2.24, 2.45) is 0 Å². The Balaban J connectivity index is 2.41. The second-order valence-electron chi connectivity index (χ2n) is 5.17. The molecule has 23 heavy (non-hydrogen) atoms. The number of nitro groups is 1. The monoisotopic (exact) mass is 336 g/mol. The Morgan fingerprint density at radius 1 is 1.22 bits per heavy atom. The Morgan fingerprint density at radius 3 is 2.48 bits per heavy atom. The summed E-state index contributed by atoms with van der Waals surface area (Å²) in [5, 5.41) is 23.4. The first-order valence-electron chi connectivity index (χ1n) is 6.72. The molecule has 1 unspecified atom stereocenters. The van der Waals surface area contributed by atoms with Crippen LogP contribution in [0.25, 0.3) is 0 Å². The number of aromatic hydroxyl groups is 1. The van der Waals surface area contributed by atoms with E-state index in [1.165, 1.54) is 18.2 Å². The SMILES string of the molecule is CC(Nc1ccc([N+](=O)[O-])cc1S(C)(=O)=O)c1cccc(O)c1. The van der Waals surface area contributed by atoms with Crippen LogP contribution in [0.4, 0.5) is 11.4 Å². The minimum atomic E-state index is -3.64. The van der Waals surface area contributed by atoms with Gasteiger partial charge in [-0.1, -0.05) is 12.1 Å². The number of nitrogens with zero attached hydrogens (tertiary/aromatic N) is 1. The quantitative estimate of drug-likeness (QED) is 0.642. The summed E-state index contributed by atoms with van der Waals surface area (Å²) in [6.45, 7) is 1.79. The van der Waals surface area contributed by atoms with Crippen molar-refractivity contribution >= 4 is 21.2 Å². The normalized spacial score (nSPS) is 12.6. The number of nitrogens with one attached hydrogen (secondary N) is 1. The lowest BCUT2D eigenvalue weighted by Gasteiger charge is -2.18. The molecule has 7 nitrogen and oxygen atoms in total. The first kappa shape index (κ1) is 16.8. The first-order valence-corrected chi connectivity index (χ1v) is 8.61. The number of benzene rings is 2. The molecule has 2 aromatic rings. The summed E-state index contributed by atoms with van der Waals surface area (Å²) < 4.78 is 23.8. The van der Waals surface area contributed by atoms with Gasteiger partial charge in [-0.2, -0.15) is 0 Å². The van der Waals surface area contributed by atoms with Crippen LogP contribution in [0.1, 0.15) is 18.5 Å². The van der Waals surface area contributed by atoms with Crippen LogP contribution in [0.2, 0.25) is 0 Å². The Bertz CT molecular complexity index is 849. The van der Waals surface area contributed by atoms with E-state index in [1.54, 1.807) is 25.1 Å². The smallest absolute Gasteiger partial charge is 0.270 e. The molecule has 0 spiro atoms. The third kappa shape index (κ3) is 3.98. The molecule has 0 saturated carbocycles. The molecule has 0 aliphatic carbocycles. The number of hydrogen-bond donors (Lipinski definition) is 2. The Labute approximate surface area is 133 Å². The van der Waals surface area contributed by atoms with Gasteiger partial charge in [0.15, 0.2) is 9.84 Å². The fraction of sp³-hybridized carbons (Fsp3) is 0.200. The Morgan fingerprint density at radius 2 is 1.91 bits per heavy atom. The van der Waals surface area contributed by atoms with Crippen LogP contribution >= 0.6 is 0 Å². The van der Waals surface area contributed by atoms with Gasteiger partial charge >= 0.3 is 0 Å². The number of phenolic OH excluding ortho intramolecular Hbond substituents is 1. The summed E-state index contributed by atoms with van der Waals surface area (Å²) in [5.74, 6) is 0.100. The summed E-state index contributed by atoms with van der Waals surface area (Å²) in [6, 6.07) is 9.89. The van der Waals surface area contributed by atoms with Gasteiger partial charge < -0.3 is 10.4 Å². The van der Waals surface area contributed by atoms with Crippen LogP contribution in [0.3, 0.4) is 0 Å². The van der Waals surface area contributed by atoms with Crippen LogP contribution in [-0.4, -0.2) is 24.7 Å². The number of rotatable bonds is 5. The van der Waals surface area contributed by atoms with E-state index in [4.69, 9.17) is 0 Å². The topological polar surface area (TPSA) is 110 Å². The molecule has 0 heterocycles. The highest BCUT2D eigenvalue weighted by molar-refractivity contribution is 7.90. The maximum atomic E-state index is 11.9. The lowest BCUT2D eigenvalue weighted by molar-refractivity contribution is -0.385. The zero-order valence-corrected chi connectivity index (χ0v) is 13.4. The van der Waals surface area contributed by atoms with Crippen LogP contribution in [-0.2, 0) is 9.84 Å². The Hall–Kier alpha value is -2.61. The van der Waals surface area contributed by atoms with Crippen molar-refractivity contribution in [2.75, 3.05) is 11.6 Å². The van der Waals surface area contributed by atoms with E-state index >= 15 is 0 Å². The molecule has 1 atom stereocenters. The van der Waals surface area contributed by atoms with E-state index in [2.05, 4.69) is 5.32 Å². The summed E-state index contributed by atoms with van der Waals surface area (Å²) in [5.41, 5.74) is 0.734. The predicted octanol–water partition coefficient (Wildman–Crippen LogP) is 2.88. The van der Waals surface area contributed by atoms with Gasteiger partial charge in [0.2, 0.25) is 0 Å². The molecule has 2 rings (SSSR count). The molecule has 8 heteroatoms. The molecule has 0 amide bonds. The number of sulfone groups is 1. The highest BCUT2D eigenvalue weighted by Crippen LogP contribution is 2.30. The molecule has 0 aliphatic heterocycles. The number of phenols is 1. The summed E-state index contributed by atoms with van der Waals surface area (Å²) in [7, 11) is -3.64. The highest BCUT2D eigenvalue weighted by Gasteiger charge is 2.19. The van der Waals surface area contributed by atoms with Crippen LogP contribution in [0, 0.1) is 10.1 Å². The first-order chi connectivity index (χ1) is 10.7. The molecular formula is C15H16N2O5S. The third-order valence-corrected chi connectivity index (χ3v) is 4.45. The third-order valence-electron chi connectivity index (χ3n) is 3.32. The highest BCUT2D eigenvalue weighted by atomic mass is 32.2. The molecule has 0 bridgehead atoms. The maximum Gasteiger partial charge on any atom is 0.270 e. The fourth-order valence-electron chi connectivity index (χ4n) is 2.16. The molecule has 0 aliphatic rings. The predicted molar refractivity (Wildman–Crippen MR) is 86.4 cm³/mol. The average Bonchev–Trinajstić information content (AvgIpc) is 2.46. The minimum absolute atomic E-state index is 0.100. The summed E-state index contributed by atoms with van der Waals surface area (Å²) in [4.78, 5) is 10.1. The second kappa shape index (κ2) is 6.25. The lowest BCUT2D eigenvalue weighted by Crippen LogP contribution is -2.11. The van der Waals surface area contributed by atoms with Gasteiger partial charge in [0, 0.05) is 24.4 Å². The standard InChI is InChI=1S/C15H16N2O5S/c1-10(11-4-3-5-13(18)8-11)16-14-7-6-12(17(19)20)9-15(14)23(2,21)22/h3-10,16,18H,1-2H3. The minimum Gasteiger partial charge on any atom is -0.508 e. The van der Waals surface area contributed by atoms with E-state index in [1.807, 2.05) is 0 Å². The van der Waals surface area contributed by atoms with Crippen molar-refractivity contribution in [1.82, 2.24) is 0 Å². The van der Waals surface area contributed by atoms with Crippen LogP contribution < -0.4 is 5.32 Å². The van der Waals surface area contributed by atoms with Crippen molar-refractivity contribution in [3.8, 4) is 5.75 Å². The van der Waals surface area contributed by atoms with Crippen molar-refractivity contribution in [3.05, 3.63) is 58.1 Å². The van der Waals surface area contributed by atoms with Crippen LogP contribution in [0.5, 0.6) is 5.75 Å². The largest absolute Gasteiger partial charge is 0.508 e. The molecular weight excluding hydrogens is 320 g/mol. The second-order valence-corrected chi connectivity index (χ2v) is 7.15. The van der Waals surface area contributed by atoms with E-state index in [9.17, 15) is 23.6 Å². The van der Waals surface area contributed by atoms with Gasteiger partial charge in [0.25, 0.3) is 5.69 Å².